The highest BCUT2D eigenvalue weighted by Gasteiger charge is 2.50. The maximum absolute atomic E-state index is 12.8. The molecule has 2 atom stereocenters. The lowest BCUT2D eigenvalue weighted by molar-refractivity contribution is -0.137. The summed E-state index contributed by atoms with van der Waals surface area (Å²) in [6.07, 6.45) is -0.00266. The number of aryl methyl sites for hydroxylation is 1. The van der Waals surface area contributed by atoms with E-state index >= 15 is 0 Å². The topological polar surface area (TPSA) is 138 Å². The molecule has 11 nitrogen and oxygen atoms in total. The van der Waals surface area contributed by atoms with E-state index in [0.29, 0.717) is 12.2 Å². The van der Waals surface area contributed by atoms with Gasteiger partial charge in [-0.25, -0.2) is 10.3 Å². The van der Waals surface area contributed by atoms with E-state index in [9.17, 15) is 24.4 Å². The number of benzene rings is 1. The molecule has 1 aromatic carbocycles. The van der Waals surface area contributed by atoms with Crippen LogP contribution in [0.3, 0.4) is 0 Å². The van der Waals surface area contributed by atoms with E-state index in [2.05, 4.69) is 5.32 Å². The molecule has 1 aliphatic heterocycles. The molecule has 0 bridgehead atoms. The molecule has 0 spiro atoms. The summed E-state index contributed by atoms with van der Waals surface area (Å²) in [6.45, 7) is 7.13. The Morgan fingerprint density at radius 3 is 2.32 bits per heavy atom. The molecule has 0 aliphatic carbocycles. The molecule has 1 aromatic rings. The molecule has 5 amide bonds. The van der Waals surface area contributed by atoms with Crippen LogP contribution >= 0.6 is 0 Å². The lowest BCUT2D eigenvalue weighted by atomic mass is 9.97. The monoisotopic (exact) mass is 478 g/mol. The lowest BCUT2D eigenvalue weighted by Crippen LogP contribution is -2.47. The van der Waals surface area contributed by atoms with Gasteiger partial charge in [0.2, 0.25) is 5.91 Å². The minimum absolute atomic E-state index is 0.00266. The Labute approximate surface area is 199 Å². The van der Waals surface area contributed by atoms with Crippen LogP contribution in [0.1, 0.15) is 43.1 Å². The highest BCUT2D eigenvalue weighted by Crippen LogP contribution is 2.27. The van der Waals surface area contributed by atoms with Crippen molar-refractivity contribution in [3.8, 4) is 0 Å². The van der Waals surface area contributed by atoms with Crippen LogP contribution in [-0.2, 0) is 19.1 Å². The van der Waals surface area contributed by atoms with Gasteiger partial charge in [0.15, 0.2) is 0 Å². The number of hydroxylamine groups is 1. The van der Waals surface area contributed by atoms with Crippen LogP contribution < -0.4 is 10.8 Å². The van der Waals surface area contributed by atoms with Gasteiger partial charge < -0.3 is 19.7 Å². The number of amides is 5. The fourth-order valence-electron chi connectivity index (χ4n) is 3.54. The van der Waals surface area contributed by atoms with Gasteiger partial charge in [-0.2, -0.15) is 0 Å². The third-order valence-electron chi connectivity index (χ3n) is 5.92. The van der Waals surface area contributed by atoms with E-state index in [1.165, 1.54) is 11.9 Å². The van der Waals surface area contributed by atoms with Crippen molar-refractivity contribution in [3.05, 3.63) is 35.4 Å². The number of carbonyl (C=O) groups excluding carboxylic acids is 4. The first-order valence-electron chi connectivity index (χ1n) is 11.1. The molecule has 2 rings (SSSR count). The summed E-state index contributed by atoms with van der Waals surface area (Å²) in [7, 11) is 1.51. The number of likely N-dealkylation sites (N-methyl/N-ethyl adjacent to an activating group) is 1. The van der Waals surface area contributed by atoms with Crippen molar-refractivity contribution in [2.45, 2.75) is 45.7 Å². The molecule has 1 fully saturated rings. The summed E-state index contributed by atoms with van der Waals surface area (Å²) in [4.78, 5) is 52.9. The Kier molecular flexibility index (Phi) is 9.54. The number of rotatable bonds is 12. The summed E-state index contributed by atoms with van der Waals surface area (Å²) >= 11 is 0. The predicted octanol–water partition coefficient (Wildman–Crippen LogP) is 1.29. The molecule has 1 heterocycles. The second kappa shape index (κ2) is 11.9. The number of hydrogen-bond donors (Lipinski definition) is 3. The van der Waals surface area contributed by atoms with Gasteiger partial charge in [0.1, 0.15) is 12.3 Å². The standard InChI is InChI=1S/C23H34N4O7/c1-6-33-14-34-13-18(24-19(28)16-9-7-15(2)8-10-16)11-17(20(29)25-32)12-27-21(30)23(3,4)26(5)22(27)31/h7-10,17-18,32H,6,11-14H2,1-5H3,(H,24,28)(H,25,29)/t17-,18+/m1/s1. The van der Waals surface area contributed by atoms with Crippen molar-refractivity contribution >= 4 is 23.8 Å². The van der Waals surface area contributed by atoms with E-state index in [4.69, 9.17) is 9.47 Å². The van der Waals surface area contributed by atoms with Crippen LogP contribution in [0.25, 0.3) is 0 Å². The van der Waals surface area contributed by atoms with Crippen LogP contribution in [0.5, 0.6) is 0 Å². The van der Waals surface area contributed by atoms with E-state index < -0.39 is 35.3 Å². The number of urea groups is 1. The molecular weight excluding hydrogens is 444 g/mol. The van der Waals surface area contributed by atoms with Crippen LogP contribution in [0.4, 0.5) is 4.79 Å². The number of ether oxygens (including phenoxy) is 2. The zero-order valence-corrected chi connectivity index (χ0v) is 20.3. The molecule has 34 heavy (non-hydrogen) atoms. The van der Waals surface area contributed by atoms with Crippen LogP contribution in [0.15, 0.2) is 24.3 Å². The SMILES string of the molecule is CCOCOC[C@H](C[C@H](CN1C(=O)N(C)C(C)(C)C1=O)C(=O)NO)NC(=O)c1ccc(C)cc1. The Bertz CT molecular complexity index is 888. The Morgan fingerprint density at radius 2 is 1.79 bits per heavy atom. The van der Waals surface area contributed by atoms with Gasteiger partial charge in [0.05, 0.1) is 18.6 Å². The van der Waals surface area contributed by atoms with Crippen molar-refractivity contribution in [2.24, 2.45) is 5.92 Å². The molecule has 1 aliphatic rings. The van der Waals surface area contributed by atoms with E-state index in [1.54, 1.807) is 43.6 Å². The number of hydrogen-bond acceptors (Lipinski definition) is 7. The first-order valence-corrected chi connectivity index (χ1v) is 11.1. The lowest BCUT2D eigenvalue weighted by Gasteiger charge is -2.26. The van der Waals surface area contributed by atoms with Crippen molar-refractivity contribution in [1.82, 2.24) is 20.6 Å². The average Bonchev–Trinajstić information content (AvgIpc) is 2.95. The molecule has 0 aromatic heterocycles. The van der Waals surface area contributed by atoms with Crippen molar-refractivity contribution in [1.29, 1.82) is 0 Å². The number of imide groups is 1. The predicted molar refractivity (Wildman–Crippen MR) is 122 cm³/mol. The quantitative estimate of drug-likeness (QED) is 0.135. The third kappa shape index (κ3) is 6.52. The van der Waals surface area contributed by atoms with Crippen LogP contribution in [-0.4, -0.2) is 83.9 Å². The normalized spacial score (nSPS) is 17.0. The second-order valence-electron chi connectivity index (χ2n) is 8.74. The zero-order chi connectivity index (χ0) is 25.5. The van der Waals surface area contributed by atoms with E-state index in [-0.39, 0.29) is 32.3 Å². The van der Waals surface area contributed by atoms with E-state index in [1.807, 2.05) is 13.8 Å². The van der Waals surface area contributed by atoms with E-state index in [0.717, 1.165) is 10.5 Å². The Morgan fingerprint density at radius 1 is 1.15 bits per heavy atom. The third-order valence-corrected chi connectivity index (χ3v) is 5.92. The molecule has 0 saturated carbocycles. The molecule has 0 radical (unpaired) electrons. The molecule has 188 valence electrons. The average molecular weight is 479 g/mol. The highest BCUT2D eigenvalue weighted by atomic mass is 16.7. The second-order valence-corrected chi connectivity index (χ2v) is 8.74. The van der Waals surface area contributed by atoms with Gasteiger partial charge in [-0.3, -0.25) is 24.5 Å². The summed E-state index contributed by atoms with van der Waals surface area (Å²) in [5.74, 6) is -2.61. The van der Waals surface area contributed by atoms with Gasteiger partial charge in [0.25, 0.3) is 11.8 Å². The first-order chi connectivity index (χ1) is 16.0. The van der Waals surface area contributed by atoms with Crippen molar-refractivity contribution < 1.29 is 33.9 Å². The summed E-state index contributed by atoms with van der Waals surface area (Å²) in [6, 6.07) is 5.76. The number of carbonyl (C=O) groups is 4. The fourth-order valence-corrected chi connectivity index (χ4v) is 3.54. The summed E-state index contributed by atoms with van der Waals surface area (Å²) in [5.41, 5.74) is 1.96. The smallest absolute Gasteiger partial charge is 0.327 e. The Hall–Kier alpha value is -3.02. The largest absolute Gasteiger partial charge is 0.356 e. The molecular formula is C23H34N4O7. The Balaban J connectivity index is 2.19. The molecule has 3 N–H and O–H groups in total. The fraction of sp³-hybridized carbons (Fsp3) is 0.565. The molecule has 11 heteroatoms. The van der Waals surface area contributed by atoms with Gasteiger partial charge >= 0.3 is 6.03 Å². The van der Waals surface area contributed by atoms with Crippen LogP contribution in [0.2, 0.25) is 0 Å². The maximum atomic E-state index is 12.8. The number of nitrogens with zero attached hydrogens (tertiary/aromatic N) is 2. The minimum Gasteiger partial charge on any atom is -0.356 e. The number of nitrogens with one attached hydrogen (secondary N) is 2. The van der Waals surface area contributed by atoms with Crippen molar-refractivity contribution in [2.75, 3.05) is 33.6 Å². The van der Waals surface area contributed by atoms with Crippen LogP contribution in [0, 0.1) is 12.8 Å². The van der Waals surface area contributed by atoms with Gasteiger partial charge in [0, 0.05) is 25.8 Å². The zero-order valence-electron chi connectivity index (χ0n) is 20.3. The molecule has 1 saturated heterocycles. The minimum atomic E-state index is -1.06. The summed E-state index contributed by atoms with van der Waals surface area (Å²) in [5, 5.41) is 12.1. The maximum Gasteiger partial charge on any atom is 0.327 e. The summed E-state index contributed by atoms with van der Waals surface area (Å²) < 4.78 is 10.7. The molecule has 0 unspecified atom stereocenters. The van der Waals surface area contributed by atoms with Gasteiger partial charge in [-0.1, -0.05) is 17.7 Å². The van der Waals surface area contributed by atoms with Gasteiger partial charge in [-0.05, 0) is 46.2 Å². The van der Waals surface area contributed by atoms with Crippen molar-refractivity contribution in [3.63, 3.8) is 0 Å². The van der Waals surface area contributed by atoms with Gasteiger partial charge in [-0.15, -0.1) is 0 Å². The highest BCUT2D eigenvalue weighted by molar-refractivity contribution is 6.06. The first kappa shape index (κ1) is 27.2.